The molecule has 1 aromatic heterocycles. The number of hydrogen-bond donors (Lipinski definition) is 0. The van der Waals surface area contributed by atoms with E-state index in [1.54, 1.807) is 18.2 Å². The number of nitriles is 1. The molecule has 1 aromatic carbocycles. The summed E-state index contributed by atoms with van der Waals surface area (Å²) in [5, 5.41) is 8.80. The van der Waals surface area contributed by atoms with Crippen molar-refractivity contribution in [3.05, 3.63) is 59.0 Å². The topological polar surface area (TPSA) is 49.1 Å². The molecule has 1 aliphatic rings. The van der Waals surface area contributed by atoms with Gasteiger partial charge in [-0.25, -0.2) is 9.37 Å². The number of aromatic nitrogens is 1. The number of hydrogen-bond acceptors (Lipinski definition) is 4. The zero-order chi connectivity index (χ0) is 18.5. The van der Waals surface area contributed by atoms with Gasteiger partial charge in [-0.05, 0) is 58.0 Å². The first-order chi connectivity index (χ1) is 12.6. The summed E-state index contributed by atoms with van der Waals surface area (Å²) < 4.78 is 19.6. The molecular formula is C21H24FN3O. The van der Waals surface area contributed by atoms with Gasteiger partial charge >= 0.3 is 0 Å². The van der Waals surface area contributed by atoms with Gasteiger partial charge in [0.25, 0.3) is 0 Å². The molecular weight excluding hydrogens is 329 g/mol. The van der Waals surface area contributed by atoms with Gasteiger partial charge in [0.05, 0.1) is 11.6 Å². The zero-order valence-corrected chi connectivity index (χ0v) is 15.3. The summed E-state index contributed by atoms with van der Waals surface area (Å²) in [4.78, 5) is 7.12. The highest BCUT2D eigenvalue weighted by Crippen LogP contribution is 2.28. The molecule has 26 heavy (non-hydrogen) atoms. The maximum atomic E-state index is 14.0. The monoisotopic (exact) mass is 353 g/mol. The SMILES string of the molecule is CC(C)N1CCC(c2cccc(OCc3ccc(C#N)cc3F)n2)CC1. The van der Waals surface area contributed by atoms with Crippen LogP contribution in [0.3, 0.4) is 0 Å². The van der Waals surface area contributed by atoms with Crippen molar-refractivity contribution in [2.75, 3.05) is 13.1 Å². The Morgan fingerprint density at radius 1 is 1.27 bits per heavy atom. The van der Waals surface area contributed by atoms with Crippen molar-refractivity contribution < 1.29 is 9.13 Å². The zero-order valence-electron chi connectivity index (χ0n) is 15.3. The van der Waals surface area contributed by atoms with Crippen LogP contribution >= 0.6 is 0 Å². The fraction of sp³-hybridized carbons (Fsp3) is 0.429. The molecule has 0 atom stereocenters. The van der Waals surface area contributed by atoms with Crippen LogP contribution in [0, 0.1) is 17.1 Å². The molecule has 1 fully saturated rings. The van der Waals surface area contributed by atoms with Crippen molar-refractivity contribution in [1.29, 1.82) is 5.26 Å². The summed E-state index contributed by atoms with van der Waals surface area (Å²) in [6.45, 7) is 6.74. The van der Waals surface area contributed by atoms with E-state index >= 15 is 0 Å². The molecule has 1 aliphatic heterocycles. The first-order valence-corrected chi connectivity index (χ1v) is 9.09. The van der Waals surface area contributed by atoms with Crippen molar-refractivity contribution in [2.45, 2.75) is 45.3 Å². The van der Waals surface area contributed by atoms with Crippen LogP contribution < -0.4 is 4.74 Å². The van der Waals surface area contributed by atoms with Gasteiger partial charge < -0.3 is 9.64 Å². The molecule has 0 bridgehead atoms. The van der Waals surface area contributed by atoms with Gasteiger partial charge in [0.1, 0.15) is 12.4 Å². The second kappa shape index (κ2) is 8.29. The predicted octanol–water partition coefficient (Wildman–Crippen LogP) is 4.26. The van der Waals surface area contributed by atoms with Crippen LogP contribution in [0.1, 0.15) is 49.4 Å². The molecule has 5 heteroatoms. The van der Waals surface area contributed by atoms with E-state index in [4.69, 9.17) is 10.00 Å². The first kappa shape index (κ1) is 18.3. The average molecular weight is 353 g/mol. The third-order valence-corrected chi connectivity index (χ3v) is 4.98. The van der Waals surface area contributed by atoms with E-state index in [0.717, 1.165) is 31.6 Å². The Hall–Kier alpha value is -2.45. The predicted molar refractivity (Wildman–Crippen MR) is 98.4 cm³/mol. The number of rotatable bonds is 5. The second-order valence-electron chi connectivity index (χ2n) is 7.01. The van der Waals surface area contributed by atoms with Gasteiger partial charge in [0.15, 0.2) is 0 Å². The quantitative estimate of drug-likeness (QED) is 0.806. The number of nitrogens with zero attached hydrogens (tertiary/aromatic N) is 3. The Bertz CT molecular complexity index is 792. The van der Waals surface area contributed by atoms with Crippen LogP contribution in [-0.2, 0) is 6.61 Å². The number of pyridine rings is 1. The summed E-state index contributed by atoms with van der Waals surface area (Å²) in [6.07, 6.45) is 2.19. The van der Waals surface area contributed by atoms with Gasteiger partial charge in [-0.3, -0.25) is 0 Å². The minimum atomic E-state index is -0.429. The Morgan fingerprint density at radius 3 is 2.69 bits per heavy atom. The van der Waals surface area contributed by atoms with Gasteiger partial charge in [-0.1, -0.05) is 12.1 Å². The molecule has 0 saturated carbocycles. The molecule has 0 spiro atoms. The Morgan fingerprint density at radius 2 is 2.04 bits per heavy atom. The minimum Gasteiger partial charge on any atom is -0.473 e. The summed E-state index contributed by atoms with van der Waals surface area (Å²) >= 11 is 0. The maximum Gasteiger partial charge on any atom is 0.213 e. The number of halogens is 1. The van der Waals surface area contributed by atoms with E-state index in [0.29, 0.717) is 29.0 Å². The molecule has 2 heterocycles. The van der Waals surface area contributed by atoms with Gasteiger partial charge in [-0.2, -0.15) is 5.26 Å². The van der Waals surface area contributed by atoms with Crippen molar-refractivity contribution in [1.82, 2.24) is 9.88 Å². The fourth-order valence-electron chi connectivity index (χ4n) is 3.34. The lowest BCUT2D eigenvalue weighted by molar-refractivity contribution is 0.170. The Balaban J connectivity index is 1.62. The molecule has 0 amide bonds. The fourth-order valence-corrected chi connectivity index (χ4v) is 3.34. The van der Waals surface area contributed by atoms with Crippen LogP contribution in [0.25, 0.3) is 0 Å². The highest BCUT2D eigenvalue weighted by molar-refractivity contribution is 5.32. The van der Waals surface area contributed by atoms with Crippen LogP contribution in [-0.4, -0.2) is 29.0 Å². The summed E-state index contributed by atoms with van der Waals surface area (Å²) in [5.41, 5.74) is 1.77. The van der Waals surface area contributed by atoms with E-state index in [-0.39, 0.29) is 6.61 Å². The lowest BCUT2D eigenvalue weighted by Crippen LogP contribution is -2.38. The molecule has 0 unspecified atom stereocenters. The third-order valence-electron chi connectivity index (χ3n) is 4.98. The Kier molecular flexibility index (Phi) is 5.85. The van der Waals surface area contributed by atoms with Crippen LogP contribution in [0.2, 0.25) is 0 Å². The first-order valence-electron chi connectivity index (χ1n) is 9.09. The number of benzene rings is 1. The largest absolute Gasteiger partial charge is 0.473 e. The van der Waals surface area contributed by atoms with Crippen LogP contribution in [0.4, 0.5) is 4.39 Å². The van der Waals surface area contributed by atoms with E-state index in [1.165, 1.54) is 6.07 Å². The molecule has 136 valence electrons. The van der Waals surface area contributed by atoms with Gasteiger partial charge in [0.2, 0.25) is 5.88 Å². The van der Waals surface area contributed by atoms with Crippen molar-refractivity contribution in [3.8, 4) is 11.9 Å². The normalized spacial score (nSPS) is 15.8. The van der Waals surface area contributed by atoms with Crippen molar-refractivity contribution in [3.63, 3.8) is 0 Å². The number of piperidine rings is 1. The lowest BCUT2D eigenvalue weighted by Gasteiger charge is -2.34. The summed E-state index contributed by atoms with van der Waals surface area (Å²) in [6, 6.07) is 12.7. The molecule has 0 N–H and O–H groups in total. The molecule has 0 radical (unpaired) electrons. The smallest absolute Gasteiger partial charge is 0.213 e. The standard InChI is InChI=1S/C21H24FN3O/c1-15(2)25-10-8-17(9-11-25)20-4-3-5-21(24-20)26-14-18-7-6-16(13-23)12-19(18)22/h3-7,12,15,17H,8-11,14H2,1-2H3. The van der Waals surface area contributed by atoms with E-state index in [2.05, 4.69) is 23.7 Å². The Labute approximate surface area is 154 Å². The van der Waals surface area contributed by atoms with E-state index in [1.807, 2.05) is 18.2 Å². The van der Waals surface area contributed by atoms with E-state index in [9.17, 15) is 4.39 Å². The molecule has 2 aromatic rings. The molecule has 0 aliphatic carbocycles. The highest BCUT2D eigenvalue weighted by Gasteiger charge is 2.23. The maximum absolute atomic E-state index is 14.0. The average Bonchev–Trinajstić information content (AvgIpc) is 2.67. The molecule has 4 nitrogen and oxygen atoms in total. The minimum absolute atomic E-state index is 0.0970. The second-order valence-corrected chi connectivity index (χ2v) is 7.01. The number of ether oxygens (including phenoxy) is 1. The van der Waals surface area contributed by atoms with Crippen LogP contribution in [0.15, 0.2) is 36.4 Å². The van der Waals surface area contributed by atoms with Gasteiger partial charge in [-0.15, -0.1) is 0 Å². The van der Waals surface area contributed by atoms with Crippen molar-refractivity contribution >= 4 is 0 Å². The van der Waals surface area contributed by atoms with E-state index < -0.39 is 5.82 Å². The molecule has 1 saturated heterocycles. The third kappa shape index (κ3) is 4.39. The van der Waals surface area contributed by atoms with Crippen LogP contribution in [0.5, 0.6) is 5.88 Å². The molecule has 3 rings (SSSR count). The highest BCUT2D eigenvalue weighted by atomic mass is 19.1. The van der Waals surface area contributed by atoms with Gasteiger partial charge in [0, 0.05) is 29.3 Å². The van der Waals surface area contributed by atoms with Crippen molar-refractivity contribution in [2.24, 2.45) is 0 Å². The summed E-state index contributed by atoms with van der Waals surface area (Å²) in [5.74, 6) is 0.527. The summed E-state index contributed by atoms with van der Waals surface area (Å²) in [7, 11) is 0. The number of likely N-dealkylation sites (tertiary alicyclic amines) is 1. The lowest BCUT2D eigenvalue weighted by atomic mass is 9.92.